The van der Waals surface area contributed by atoms with E-state index in [1.165, 1.54) is 7.11 Å². The number of nitrogens with zero attached hydrogens (tertiary/aromatic N) is 1. The van der Waals surface area contributed by atoms with Crippen molar-refractivity contribution < 1.29 is 19.0 Å². The van der Waals surface area contributed by atoms with Gasteiger partial charge in [0.15, 0.2) is 17.2 Å². The van der Waals surface area contributed by atoms with Crippen molar-refractivity contribution in [1.29, 1.82) is 0 Å². The third-order valence-electron chi connectivity index (χ3n) is 5.44. The number of hydrogen-bond acceptors (Lipinski definition) is 5. The van der Waals surface area contributed by atoms with Gasteiger partial charge in [0.25, 0.3) is 0 Å². The molecule has 0 atom stereocenters. The van der Waals surface area contributed by atoms with E-state index in [0.717, 1.165) is 26.4 Å². The summed E-state index contributed by atoms with van der Waals surface area (Å²) in [5.41, 5.74) is 2.52. The fourth-order valence-electron chi connectivity index (χ4n) is 3.76. The van der Waals surface area contributed by atoms with E-state index in [1.54, 1.807) is 18.2 Å². The highest BCUT2D eigenvalue weighted by atomic mass is 79.9. The molecule has 0 saturated carbocycles. The zero-order chi connectivity index (χ0) is 24.4. The Kier molecular flexibility index (Phi) is 6.57. The molecular formula is C28H19BrClNO4. The Balaban J connectivity index is 1.41. The normalized spacial score (nSPS) is 14.2. The molecule has 1 aliphatic rings. The molecule has 4 aromatic carbocycles. The molecule has 0 unspecified atom stereocenters. The van der Waals surface area contributed by atoms with Crippen LogP contribution in [0.15, 0.2) is 94.0 Å². The Bertz CT molecular complexity index is 1510. The Morgan fingerprint density at radius 3 is 2.63 bits per heavy atom. The van der Waals surface area contributed by atoms with Crippen LogP contribution in [0.4, 0.5) is 0 Å². The van der Waals surface area contributed by atoms with E-state index in [9.17, 15) is 4.79 Å². The molecule has 7 heteroatoms. The van der Waals surface area contributed by atoms with Crippen LogP contribution < -0.4 is 9.47 Å². The predicted octanol–water partition coefficient (Wildman–Crippen LogP) is 7.19. The summed E-state index contributed by atoms with van der Waals surface area (Å²) in [6, 6.07) is 25.0. The lowest BCUT2D eigenvalue weighted by Crippen LogP contribution is -2.05. The Labute approximate surface area is 215 Å². The number of carbonyl (C=O) groups excluding carboxylic acids is 1. The van der Waals surface area contributed by atoms with Crippen LogP contribution in [0.5, 0.6) is 11.5 Å². The lowest BCUT2D eigenvalue weighted by atomic mass is 10.1. The van der Waals surface area contributed by atoms with E-state index >= 15 is 0 Å². The molecule has 35 heavy (non-hydrogen) atoms. The summed E-state index contributed by atoms with van der Waals surface area (Å²) in [5.74, 6) is 0.604. The summed E-state index contributed by atoms with van der Waals surface area (Å²) < 4.78 is 17.8. The van der Waals surface area contributed by atoms with Crippen molar-refractivity contribution >= 4 is 56.2 Å². The van der Waals surface area contributed by atoms with Crippen LogP contribution >= 0.6 is 27.5 Å². The second kappa shape index (κ2) is 9.94. The van der Waals surface area contributed by atoms with Crippen LogP contribution in [0.3, 0.4) is 0 Å². The number of methoxy groups -OCH3 is 1. The van der Waals surface area contributed by atoms with Crippen molar-refractivity contribution in [2.24, 2.45) is 4.99 Å². The van der Waals surface area contributed by atoms with Crippen LogP contribution in [-0.2, 0) is 16.1 Å². The first-order valence-electron chi connectivity index (χ1n) is 10.8. The molecule has 0 saturated heterocycles. The fraction of sp³-hybridized carbons (Fsp3) is 0.0714. The molecule has 0 bridgehead atoms. The number of halogens is 2. The average molecular weight is 549 g/mol. The summed E-state index contributed by atoms with van der Waals surface area (Å²) in [7, 11) is 1.54. The van der Waals surface area contributed by atoms with Crippen LogP contribution in [0.1, 0.15) is 16.7 Å². The molecule has 1 aliphatic heterocycles. The fourth-order valence-corrected chi connectivity index (χ4v) is 4.48. The smallest absolute Gasteiger partial charge is 0.363 e. The molecule has 0 fully saturated rings. The Morgan fingerprint density at radius 1 is 1.00 bits per heavy atom. The monoisotopic (exact) mass is 547 g/mol. The van der Waals surface area contributed by atoms with Crippen LogP contribution in [0.2, 0.25) is 5.02 Å². The van der Waals surface area contributed by atoms with E-state index in [2.05, 4.69) is 20.9 Å². The molecular weight excluding hydrogens is 530 g/mol. The van der Waals surface area contributed by atoms with E-state index in [-0.39, 0.29) is 11.6 Å². The van der Waals surface area contributed by atoms with Crippen LogP contribution in [-0.4, -0.2) is 19.0 Å². The average Bonchev–Trinajstić information content (AvgIpc) is 3.22. The first-order valence-corrected chi connectivity index (χ1v) is 11.9. The molecule has 1 heterocycles. The SMILES string of the molecule is COc1cc(/C=C2\N=C(c3ccc4ccccc4c3)OC2=O)cc(Cl)c1OCc1cccc(Br)c1. The minimum atomic E-state index is -0.529. The van der Waals surface area contributed by atoms with Gasteiger partial charge in [-0.1, -0.05) is 70.0 Å². The number of carbonyl (C=O) groups is 1. The molecule has 5 rings (SSSR count). The zero-order valence-corrected chi connectivity index (χ0v) is 21.0. The maximum absolute atomic E-state index is 12.5. The minimum absolute atomic E-state index is 0.175. The van der Waals surface area contributed by atoms with Gasteiger partial charge >= 0.3 is 5.97 Å². The number of benzene rings is 4. The van der Waals surface area contributed by atoms with Gasteiger partial charge in [-0.25, -0.2) is 9.79 Å². The molecule has 0 amide bonds. The second-order valence-corrected chi connectivity index (χ2v) is 9.17. The molecule has 0 N–H and O–H groups in total. The number of ether oxygens (including phenoxy) is 3. The summed E-state index contributed by atoms with van der Waals surface area (Å²) in [6.07, 6.45) is 1.61. The van der Waals surface area contributed by atoms with Crippen molar-refractivity contribution in [3.05, 3.63) is 111 Å². The Morgan fingerprint density at radius 2 is 1.83 bits per heavy atom. The van der Waals surface area contributed by atoms with Gasteiger partial charge in [-0.2, -0.15) is 0 Å². The lowest BCUT2D eigenvalue weighted by molar-refractivity contribution is -0.129. The van der Waals surface area contributed by atoms with Crippen molar-refractivity contribution in [2.45, 2.75) is 6.61 Å². The number of rotatable bonds is 6. The van der Waals surface area contributed by atoms with E-state index < -0.39 is 5.97 Å². The summed E-state index contributed by atoms with van der Waals surface area (Å²) in [4.78, 5) is 16.9. The third-order valence-corrected chi connectivity index (χ3v) is 6.22. The highest BCUT2D eigenvalue weighted by molar-refractivity contribution is 9.10. The summed E-state index contributed by atoms with van der Waals surface area (Å²) in [5, 5.41) is 2.49. The first kappa shape index (κ1) is 23.1. The van der Waals surface area contributed by atoms with Gasteiger partial charge in [0.05, 0.1) is 12.1 Å². The van der Waals surface area contributed by atoms with Gasteiger partial charge in [0.2, 0.25) is 5.90 Å². The van der Waals surface area contributed by atoms with Gasteiger partial charge in [-0.3, -0.25) is 0 Å². The van der Waals surface area contributed by atoms with Crippen molar-refractivity contribution in [3.63, 3.8) is 0 Å². The standard InChI is InChI=1S/C28H19BrClNO4/c1-33-25-14-18(12-23(30)26(25)34-16-17-5-4-8-22(29)11-17)13-24-28(32)35-27(31-24)21-10-9-19-6-2-3-7-20(19)15-21/h2-15H,16H2,1H3/b24-13-. The number of aliphatic imine (C=N–C) groups is 1. The molecule has 0 radical (unpaired) electrons. The summed E-state index contributed by atoms with van der Waals surface area (Å²) in [6.45, 7) is 0.321. The highest BCUT2D eigenvalue weighted by Gasteiger charge is 2.25. The second-order valence-electron chi connectivity index (χ2n) is 7.85. The van der Waals surface area contributed by atoms with Crippen LogP contribution in [0.25, 0.3) is 16.8 Å². The molecule has 174 valence electrons. The summed E-state index contributed by atoms with van der Waals surface area (Å²) >= 11 is 9.97. The van der Waals surface area contributed by atoms with E-state index in [4.69, 9.17) is 25.8 Å². The zero-order valence-electron chi connectivity index (χ0n) is 18.6. The van der Waals surface area contributed by atoms with E-state index in [0.29, 0.717) is 28.7 Å². The number of esters is 1. The van der Waals surface area contributed by atoms with Crippen molar-refractivity contribution in [1.82, 2.24) is 0 Å². The topological polar surface area (TPSA) is 57.1 Å². The molecule has 0 spiro atoms. The van der Waals surface area contributed by atoms with E-state index in [1.807, 2.05) is 66.7 Å². The first-order chi connectivity index (χ1) is 17.0. The van der Waals surface area contributed by atoms with Gasteiger partial charge in [0, 0.05) is 10.0 Å². The number of fused-ring (bicyclic) bond motifs is 1. The minimum Gasteiger partial charge on any atom is -0.493 e. The maximum Gasteiger partial charge on any atom is 0.363 e. The predicted molar refractivity (Wildman–Crippen MR) is 141 cm³/mol. The number of hydrogen-bond donors (Lipinski definition) is 0. The highest BCUT2D eigenvalue weighted by Crippen LogP contribution is 2.38. The molecule has 4 aromatic rings. The van der Waals surface area contributed by atoms with Crippen molar-refractivity contribution in [3.8, 4) is 11.5 Å². The molecule has 0 aromatic heterocycles. The molecule has 5 nitrogen and oxygen atoms in total. The largest absolute Gasteiger partial charge is 0.493 e. The van der Waals surface area contributed by atoms with Gasteiger partial charge in [-0.15, -0.1) is 0 Å². The Hall–Kier alpha value is -3.61. The van der Waals surface area contributed by atoms with Crippen molar-refractivity contribution in [2.75, 3.05) is 7.11 Å². The third kappa shape index (κ3) is 5.09. The number of cyclic esters (lactones) is 1. The van der Waals surface area contributed by atoms with Gasteiger partial charge in [-0.05, 0) is 64.4 Å². The van der Waals surface area contributed by atoms with Gasteiger partial charge < -0.3 is 14.2 Å². The lowest BCUT2D eigenvalue weighted by Gasteiger charge is -2.13. The van der Waals surface area contributed by atoms with Crippen LogP contribution in [0, 0.1) is 0 Å². The molecule has 0 aliphatic carbocycles. The quantitative estimate of drug-likeness (QED) is 0.189. The van der Waals surface area contributed by atoms with Gasteiger partial charge in [0.1, 0.15) is 6.61 Å². The maximum atomic E-state index is 12.5.